The van der Waals surface area contributed by atoms with Gasteiger partial charge in [0, 0.05) is 11.3 Å². The zero-order valence-electron chi connectivity index (χ0n) is 12.2. The number of rotatable bonds is 0. The van der Waals surface area contributed by atoms with Crippen molar-refractivity contribution in [1.29, 1.82) is 0 Å². The highest BCUT2D eigenvalue weighted by atomic mass is 16.5. The van der Waals surface area contributed by atoms with E-state index in [-0.39, 0.29) is 11.1 Å². The summed E-state index contributed by atoms with van der Waals surface area (Å²) in [5, 5.41) is 0. The van der Waals surface area contributed by atoms with Crippen molar-refractivity contribution in [3.8, 4) is 5.75 Å². The van der Waals surface area contributed by atoms with E-state index in [4.69, 9.17) is 4.74 Å². The Morgan fingerprint density at radius 1 is 0.950 bits per heavy atom. The van der Waals surface area contributed by atoms with E-state index in [1.807, 2.05) is 6.07 Å². The van der Waals surface area contributed by atoms with Gasteiger partial charge in [-0.1, -0.05) is 36.4 Å². The smallest absolute Gasteiger partial charge is 0.189 e. The van der Waals surface area contributed by atoms with Gasteiger partial charge >= 0.3 is 0 Å². The van der Waals surface area contributed by atoms with E-state index < -0.39 is 0 Å². The summed E-state index contributed by atoms with van der Waals surface area (Å²) in [6.45, 7) is 7.68. The molecule has 0 saturated heterocycles. The Balaban J connectivity index is 1.94. The Hall–Kier alpha value is -1.96. The monoisotopic (exact) mass is 265 g/mol. The Morgan fingerprint density at radius 2 is 1.65 bits per heavy atom. The first-order chi connectivity index (χ1) is 9.54. The zero-order valence-corrected chi connectivity index (χ0v) is 12.2. The van der Waals surface area contributed by atoms with E-state index in [1.54, 1.807) is 0 Å². The van der Waals surface area contributed by atoms with Crippen LogP contribution in [0.5, 0.6) is 5.75 Å². The molecular weight excluding hydrogens is 246 g/mol. The van der Waals surface area contributed by atoms with E-state index in [2.05, 4.69) is 68.1 Å². The quantitative estimate of drug-likeness (QED) is 0.711. The molecule has 2 aliphatic rings. The summed E-state index contributed by atoms with van der Waals surface area (Å²) in [6.07, 6.45) is 0. The van der Waals surface area contributed by atoms with E-state index in [1.165, 1.54) is 16.8 Å². The fraction of sp³-hybridized carbons (Fsp3) is 0.333. The number of hydrogen-bond donors (Lipinski definition) is 0. The van der Waals surface area contributed by atoms with Gasteiger partial charge in [0.2, 0.25) is 0 Å². The SMILES string of the molecule is CC1(C)c2ccccc2N2Cc3ccccc3OC21C. The van der Waals surface area contributed by atoms with Crippen molar-refractivity contribution in [3.05, 3.63) is 59.7 Å². The molecule has 2 aromatic carbocycles. The topological polar surface area (TPSA) is 12.5 Å². The Morgan fingerprint density at radius 3 is 2.50 bits per heavy atom. The first-order valence-corrected chi connectivity index (χ1v) is 7.18. The number of para-hydroxylation sites is 2. The summed E-state index contributed by atoms with van der Waals surface area (Å²) in [5.74, 6) is 1.02. The minimum absolute atomic E-state index is 0.0445. The van der Waals surface area contributed by atoms with Crippen LogP contribution in [0.3, 0.4) is 0 Å². The van der Waals surface area contributed by atoms with E-state index in [9.17, 15) is 0 Å². The van der Waals surface area contributed by atoms with Crippen LogP contribution in [-0.2, 0) is 12.0 Å². The van der Waals surface area contributed by atoms with Crippen LogP contribution in [0.2, 0.25) is 0 Å². The lowest BCUT2D eigenvalue weighted by molar-refractivity contribution is 0.0145. The van der Waals surface area contributed by atoms with Gasteiger partial charge in [-0.3, -0.25) is 0 Å². The molecule has 102 valence electrons. The molecule has 0 fully saturated rings. The summed E-state index contributed by atoms with van der Waals surface area (Å²) >= 11 is 0. The molecule has 0 spiro atoms. The van der Waals surface area contributed by atoms with Gasteiger partial charge in [0.25, 0.3) is 0 Å². The van der Waals surface area contributed by atoms with Crippen LogP contribution < -0.4 is 9.64 Å². The average molecular weight is 265 g/mol. The molecule has 2 aliphatic heterocycles. The van der Waals surface area contributed by atoms with Crippen LogP contribution in [0.1, 0.15) is 31.9 Å². The number of benzene rings is 2. The van der Waals surface area contributed by atoms with E-state index >= 15 is 0 Å². The molecule has 2 aromatic rings. The van der Waals surface area contributed by atoms with Gasteiger partial charge in [0.1, 0.15) is 5.75 Å². The highest BCUT2D eigenvalue weighted by molar-refractivity contribution is 5.67. The van der Waals surface area contributed by atoms with Crippen molar-refractivity contribution in [2.24, 2.45) is 0 Å². The summed E-state index contributed by atoms with van der Waals surface area (Å²) in [7, 11) is 0. The number of anilines is 1. The Kier molecular flexibility index (Phi) is 2.11. The molecule has 1 atom stereocenters. The van der Waals surface area contributed by atoms with Gasteiger partial charge in [-0.15, -0.1) is 0 Å². The van der Waals surface area contributed by atoms with E-state index in [0.29, 0.717) is 0 Å². The van der Waals surface area contributed by atoms with Gasteiger partial charge in [-0.2, -0.15) is 0 Å². The molecule has 0 amide bonds. The third kappa shape index (κ3) is 1.24. The molecule has 2 heterocycles. The summed E-state index contributed by atoms with van der Waals surface area (Å²) in [4.78, 5) is 2.41. The highest BCUT2D eigenvalue weighted by Crippen LogP contribution is 2.54. The number of nitrogens with zero attached hydrogens (tertiary/aromatic N) is 1. The standard InChI is InChI=1S/C18H19NO/c1-17(2)14-9-5-6-10-15(14)19-12-13-8-4-7-11-16(13)20-18(17,19)3/h4-11H,12H2,1-3H3. The molecular formula is C18H19NO. The summed E-state index contributed by atoms with van der Waals surface area (Å²) in [5.41, 5.74) is 3.56. The normalized spacial score (nSPS) is 25.4. The molecule has 0 saturated carbocycles. The molecule has 1 unspecified atom stereocenters. The number of fused-ring (bicyclic) bond motifs is 4. The number of ether oxygens (including phenoxy) is 1. The lowest BCUT2D eigenvalue weighted by atomic mass is 9.78. The Bertz CT molecular complexity index is 691. The Labute approximate surface area is 120 Å². The maximum atomic E-state index is 6.47. The average Bonchev–Trinajstić information content (AvgIpc) is 2.62. The fourth-order valence-corrected chi connectivity index (χ4v) is 3.59. The van der Waals surface area contributed by atoms with Crippen molar-refractivity contribution in [1.82, 2.24) is 0 Å². The van der Waals surface area contributed by atoms with Crippen molar-refractivity contribution >= 4 is 5.69 Å². The van der Waals surface area contributed by atoms with Gasteiger partial charge in [0.15, 0.2) is 5.72 Å². The molecule has 0 N–H and O–H groups in total. The van der Waals surface area contributed by atoms with Crippen molar-refractivity contribution < 1.29 is 4.74 Å². The van der Waals surface area contributed by atoms with Crippen molar-refractivity contribution in [3.63, 3.8) is 0 Å². The summed E-state index contributed by atoms with van der Waals surface area (Å²) in [6, 6.07) is 17.0. The second-order valence-corrected chi connectivity index (χ2v) is 6.42. The van der Waals surface area contributed by atoms with Gasteiger partial charge in [-0.05, 0) is 38.5 Å². The van der Waals surface area contributed by atoms with Gasteiger partial charge < -0.3 is 9.64 Å². The lowest BCUT2D eigenvalue weighted by Gasteiger charge is -2.48. The van der Waals surface area contributed by atoms with Crippen molar-refractivity contribution in [2.75, 3.05) is 4.90 Å². The zero-order chi connectivity index (χ0) is 14.0. The van der Waals surface area contributed by atoms with Crippen LogP contribution in [-0.4, -0.2) is 5.72 Å². The second-order valence-electron chi connectivity index (χ2n) is 6.42. The molecule has 0 bridgehead atoms. The molecule has 2 nitrogen and oxygen atoms in total. The van der Waals surface area contributed by atoms with Crippen LogP contribution >= 0.6 is 0 Å². The molecule has 20 heavy (non-hydrogen) atoms. The molecule has 0 aromatic heterocycles. The molecule has 0 radical (unpaired) electrons. The summed E-state index contributed by atoms with van der Waals surface area (Å²) < 4.78 is 6.47. The van der Waals surface area contributed by atoms with Crippen LogP contribution in [0.4, 0.5) is 5.69 Å². The second kappa shape index (κ2) is 3.57. The predicted octanol–water partition coefficient (Wildman–Crippen LogP) is 4.09. The third-order valence-corrected chi connectivity index (χ3v) is 5.15. The minimum atomic E-state index is -0.328. The maximum absolute atomic E-state index is 6.47. The highest BCUT2D eigenvalue weighted by Gasteiger charge is 2.57. The first-order valence-electron chi connectivity index (χ1n) is 7.18. The third-order valence-electron chi connectivity index (χ3n) is 5.15. The van der Waals surface area contributed by atoms with Crippen LogP contribution in [0.15, 0.2) is 48.5 Å². The largest absolute Gasteiger partial charge is 0.467 e. The van der Waals surface area contributed by atoms with Crippen LogP contribution in [0, 0.1) is 0 Å². The molecule has 4 rings (SSSR count). The van der Waals surface area contributed by atoms with Crippen molar-refractivity contribution in [2.45, 2.75) is 38.5 Å². The minimum Gasteiger partial charge on any atom is -0.467 e. The van der Waals surface area contributed by atoms with Gasteiger partial charge in [0.05, 0.1) is 12.0 Å². The molecule has 0 aliphatic carbocycles. The maximum Gasteiger partial charge on any atom is 0.189 e. The first kappa shape index (κ1) is 11.8. The van der Waals surface area contributed by atoms with E-state index in [0.717, 1.165) is 12.3 Å². The fourth-order valence-electron chi connectivity index (χ4n) is 3.59. The van der Waals surface area contributed by atoms with Crippen LogP contribution in [0.25, 0.3) is 0 Å². The van der Waals surface area contributed by atoms with Gasteiger partial charge in [-0.25, -0.2) is 0 Å². The molecule has 2 heteroatoms. The lowest BCUT2D eigenvalue weighted by Crippen LogP contribution is -2.59. The number of hydrogen-bond acceptors (Lipinski definition) is 2. The predicted molar refractivity (Wildman–Crippen MR) is 81.1 cm³/mol.